The van der Waals surface area contributed by atoms with Crippen LogP contribution in [-0.2, 0) is 6.54 Å². The molecule has 1 aromatic carbocycles. The van der Waals surface area contributed by atoms with Crippen molar-refractivity contribution in [3.05, 3.63) is 48.4 Å². The average Bonchev–Trinajstić information content (AvgIpc) is 3.05. The predicted octanol–water partition coefficient (Wildman–Crippen LogP) is 1.48. The number of H-pyrrole nitrogens is 1. The molecule has 0 aliphatic heterocycles. The fourth-order valence-corrected chi connectivity index (χ4v) is 1.69. The standard InChI is InChI=1S/C12H10N4O2/c17-12(11-5-13-7-18-11)14-4-8-1-2-9-10(3-8)16-6-15-9/h1-3,5-7H,4H2,(H,14,17)(H,15,16). The number of nitrogens with zero attached hydrogens (tertiary/aromatic N) is 2. The Labute approximate surface area is 102 Å². The van der Waals surface area contributed by atoms with Crippen molar-refractivity contribution in [2.75, 3.05) is 0 Å². The Bertz CT molecular complexity index is 672. The number of benzene rings is 1. The van der Waals surface area contributed by atoms with Crippen molar-refractivity contribution in [3.8, 4) is 0 Å². The predicted molar refractivity (Wildman–Crippen MR) is 63.8 cm³/mol. The summed E-state index contributed by atoms with van der Waals surface area (Å²) in [6.45, 7) is 0.425. The minimum absolute atomic E-state index is 0.206. The molecule has 6 heteroatoms. The third-order valence-electron chi connectivity index (χ3n) is 2.59. The lowest BCUT2D eigenvalue weighted by atomic mass is 10.2. The minimum Gasteiger partial charge on any atom is -0.438 e. The van der Waals surface area contributed by atoms with Crippen LogP contribution in [0.15, 0.2) is 41.5 Å². The van der Waals surface area contributed by atoms with E-state index in [1.54, 1.807) is 6.33 Å². The molecule has 0 aliphatic rings. The lowest BCUT2D eigenvalue weighted by Gasteiger charge is -2.03. The molecule has 2 aromatic heterocycles. The molecule has 3 aromatic rings. The van der Waals surface area contributed by atoms with Crippen LogP contribution in [0.1, 0.15) is 16.1 Å². The first-order chi connectivity index (χ1) is 8.83. The molecule has 0 radical (unpaired) electrons. The van der Waals surface area contributed by atoms with Crippen molar-refractivity contribution < 1.29 is 9.21 Å². The van der Waals surface area contributed by atoms with E-state index in [0.717, 1.165) is 16.6 Å². The summed E-state index contributed by atoms with van der Waals surface area (Å²) < 4.78 is 4.90. The Balaban J connectivity index is 1.71. The van der Waals surface area contributed by atoms with Crippen molar-refractivity contribution in [2.24, 2.45) is 0 Å². The van der Waals surface area contributed by atoms with E-state index >= 15 is 0 Å². The lowest BCUT2D eigenvalue weighted by Crippen LogP contribution is -2.22. The Morgan fingerprint density at radius 3 is 3.22 bits per heavy atom. The highest BCUT2D eigenvalue weighted by molar-refractivity contribution is 5.91. The second-order valence-corrected chi connectivity index (χ2v) is 3.80. The molecule has 0 saturated carbocycles. The fourth-order valence-electron chi connectivity index (χ4n) is 1.69. The molecule has 2 N–H and O–H groups in total. The zero-order valence-corrected chi connectivity index (χ0v) is 9.38. The number of aromatic amines is 1. The first-order valence-electron chi connectivity index (χ1n) is 5.41. The van der Waals surface area contributed by atoms with Gasteiger partial charge in [-0.1, -0.05) is 6.07 Å². The number of carbonyl (C=O) groups excluding carboxylic acids is 1. The Morgan fingerprint density at radius 2 is 2.39 bits per heavy atom. The van der Waals surface area contributed by atoms with Gasteiger partial charge in [-0.3, -0.25) is 4.79 Å². The third kappa shape index (κ3) is 1.95. The van der Waals surface area contributed by atoms with Crippen LogP contribution in [0, 0.1) is 0 Å². The molecule has 0 unspecified atom stereocenters. The van der Waals surface area contributed by atoms with Gasteiger partial charge in [0.15, 0.2) is 6.39 Å². The van der Waals surface area contributed by atoms with Crippen LogP contribution in [0.2, 0.25) is 0 Å². The van der Waals surface area contributed by atoms with Gasteiger partial charge in [0.2, 0.25) is 5.76 Å². The number of amides is 1. The average molecular weight is 242 g/mol. The molecule has 3 rings (SSSR count). The summed E-state index contributed by atoms with van der Waals surface area (Å²) in [6, 6.07) is 5.77. The highest BCUT2D eigenvalue weighted by Gasteiger charge is 2.08. The monoisotopic (exact) mass is 242 g/mol. The van der Waals surface area contributed by atoms with Crippen LogP contribution in [0.4, 0.5) is 0 Å². The van der Waals surface area contributed by atoms with Gasteiger partial charge in [-0.25, -0.2) is 9.97 Å². The molecule has 0 bridgehead atoms. The number of hydrogen-bond donors (Lipinski definition) is 2. The van der Waals surface area contributed by atoms with Gasteiger partial charge in [-0.2, -0.15) is 0 Å². The Kier molecular flexibility index (Phi) is 2.53. The summed E-state index contributed by atoms with van der Waals surface area (Å²) in [5.74, 6) is -0.0742. The van der Waals surface area contributed by atoms with Gasteiger partial charge in [0.1, 0.15) is 0 Å². The van der Waals surface area contributed by atoms with E-state index in [1.807, 2.05) is 18.2 Å². The number of hydrogen-bond acceptors (Lipinski definition) is 4. The normalized spacial score (nSPS) is 10.7. The van der Waals surface area contributed by atoms with Crippen LogP contribution in [-0.4, -0.2) is 20.9 Å². The number of fused-ring (bicyclic) bond motifs is 1. The van der Waals surface area contributed by atoms with Crippen molar-refractivity contribution >= 4 is 16.9 Å². The lowest BCUT2D eigenvalue weighted by molar-refractivity contribution is 0.0923. The maximum atomic E-state index is 11.6. The first-order valence-corrected chi connectivity index (χ1v) is 5.41. The number of nitrogens with one attached hydrogen (secondary N) is 2. The first kappa shape index (κ1) is 10.5. The van der Waals surface area contributed by atoms with E-state index in [1.165, 1.54) is 12.6 Å². The summed E-state index contributed by atoms with van der Waals surface area (Å²) >= 11 is 0. The number of carbonyl (C=O) groups is 1. The molecule has 0 spiro atoms. The van der Waals surface area contributed by atoms with Crippen molar-refractivity contribution in [2.45, 2.75) is 6.54 Å². The fraction of sp³-hybridized carbons (Fsp3) is 0.0833. The number of oxazole rings is 1. The molecule has 0 atom stereocenters. The van der Waals surface area contributed by atoms with Gasteiger partial charge in [0.25, 0.3) is 5.91 Å². The maximum Gasteiger partial charge on any atom is 0.288 e. The second kappa shape index (κ2) is 4.33. The van der Waals surface area contributed by atoms with Crippen LogP contribution in [0.25, 0.3) is 11.0 Å². The second-order valence-electron chi connectivity index (χ2n) is 3.80. The van der Waals surface area contributed by atoms with Gasteiger partial charge in [-0.05, 0) is 17.7 Å². The van der Waals surface area contributed by atoms with E-state index in [0.29, 0.717) is 6.54 Å². The Morgan fingerprint density at radius 1 is 1.44 bits per heavy atom. The molecular formula is C12H10N4O2. The van der Waals surface area contributed by atoms with Crippen molar-refractivity contribution in [1.29, 1.82) is 0 Å². The number of imidazole rings is 1. The molecule has 6 nitrogen and oxygen atoms in total. The molecule has 90 valence electrons. The van der Waals surface area contributed by atoms with E-state index in [-0.39, 0.29) is 11.7 Å². The van der Waals surface area contributed by atoms with E-state index in [2.05, 4.69) is 20.3 Å². The number of rotatable bonds is 3. The molecule has 0 aliphatic carbocycles. The Hall–Kier alpha value is -2.63. The van der Waals surface area contributed by atoms with E-state index in [4.69, 9.17) is 4.42 Å². The van der Waals surface area contributed by atoms with E-state index in [9.17, 15) is 4.79 Å². The van der Waals surface area contributed by atoms with Crippen molar-refractivity contribution in [3.63, 3.8) is 0 Å². The summed E-state index contributed by atoms with van der Waals surface area (Å²) in [5.41, 5.74) is 2.83. The van der Waals surface area contributed by atoms with Gasteiger partial charge < -0.3 is 14.7 Å². The molecule has 2 heterocycles. The molecule has 1 amide bonds. The van der Waals surface area contributed by atoms with Crippen LogP contribution in [0.3, 0.4) is 0 Å². The van der Waals surface area contributed by atoms with Gasteiger partial charge >= 0.3 is 0 Å². The number of aromatic nitrogens is 3. The highest BCUT2D eigenvalue weighted by Crippen LogP contribution is 2.11. The molecular weight excluding hydrogens is 232 g/mol. The van der Waals surface area contributed by atoms with E-state index < -0.39 is 0 Å². The van der Waals surface area contributed by atoms with Crippen LogP contribution >= 0.6 is 0 Å². The topological polar surface area (TPSA) is 83.8 Å². The van der Waals surface area contributed by atoms with Crippen LogP contribution in [0.5, 0.6) is 0 Å². The summed E-state index contributed by atoms with van der Waals surface area (Å²) in [4.78, 5) is 22.5. The maximum absolute atomic E-state index is 11.6. The molecule has 18 heavy (non-hydrogen) atoms. The highest BCUT2D eigenvalue weighted by atomic mass is 16.3. The molecule has 0 saturated heterocycles. The summed E-state index contributed by atoms with van der Waals surface area (Å²) in [5, 5.41) is 2.75. The molecule has 0 fully saturated rings. The van der Waals surface area contributed by atoms with Gasteiger partial charge in [-0.15, -0.1) is 0 Å². The summed E-state index contributed by atoms with van der Waals surface area (Å²) in [7, 11) is 0. The quantitative estimate of drug-likeness (QED) is 0.728. The largest absolute Gasteiger partial charge is 0.438 e. The van der Waals surface area contributed by atoms with Gasteiger partial charge in [0, 0.05) is 6.54 Å². The zero-order chi connectivity index (χ0) is 12.4. The summed E-state index contributed by atoms with van der Waals surface area (Å²) in [6.07, 6.45) is 4.25. The smallest absolute Gasteiger partial charge is 0.288 e. The minimum atomic E-state index is -0.280. The third-order valence-corrected chi connectivity index (χ3v) is 2.59. The van der Waals surface area contributed by atoms with Gasteiger partial charge in [0.05, 0.1) is 23.6 Å². The van der Waals surface area contributed by atoms with Crippen molar-refractivity contribution in [1.82, 2.24) is 20.3 Å². The zero-order valence-electron chi connectivity index (χ0n) is 9.38. The SMILES string of the molecule is O=C(NCc1ccc2nc[nH]c2c1)c1cnco1. The van der Waals surface area contributed by atoms with Crippen LogP contribution < -0.4 is 5.32 Å².